The van der Waals surface area contributed by atoms with Gasteiger partial charge in [0.1, 0.15) is 10.7 Å². The number of hydrogen-bond donors (Lipinski definition) is 0. The number of aryl methyl sites for hydroxylation is 2. The van der Waals surface area contributed by atoms with Crippen LogP contribution in [0, 0.1) is 13.8 Å². The molecule has 0 N–H and O–H groups in total. The number of halogens is 1. The average Bonchev–Trinajstić information content (AvgIpc) is 3.31. The molecule has 28 heavy (non-hydrogen) atoms. The van der Waals surface area contributed by atoms with Gasteiger partial charge in [-0.2, -0.15) is 4.31 Å². The highest BCUT2D eigenvalue weighted by Crippen LogP contribution is 2.40. The lowest BCUT2D eigenvalue weighted by atomic mass is 10.0. The minimum Gasteiger partial charge on any atom is -0.356 e. The zero-order chi connectivity index (χ0) is 19.9. The number of benzene rings is 1. The standard InChI is InChI=1S/C19H19ClN4O3S/c1-12-10-17(27-23-12)14-11-21-13(2)22-19(14)16-7-5-9-24(16)28(25,26)18-8-4-3-6-15(18)20/h3-4,6,8,10-11,16H,5,7,9H2,1-2H3/t16-/m1/s1. The molecule has 1 fully saturated rings. The summed E-state index contributed by atoms with van der Waals surface area (Å²) in [5.74, 6) is 1.09. The van der Waals surface area contributed by atoms with Crippen LogP contribution in [0.1, 0.15) is 36.1 Å². The highest BCUT2D eigenvalue weighted by molar-refractivity contribution is 7.89. The van der Waals surface area contributed by atoms with Crippen molar-refractivity contribution in [3.63, 3.8) is 0 Å². The molecule has 2 aromatic heterocycles. The van der Waals surface area contributed by atoms with Gasteiger partial charge in [-0.25, -0.2) is 18.4 Å². The van der Waals surface area contributed by atoms with E-state index in [0.29, 0.717) is 35.8 Å². The fourth-order valence-electron chi connectivity index (χ4n) is 3.50. The van der Waals surface area contributed by atoms with Crippen LogP contribution in [0.3, 0.4) is 0 Å². The van der Waals surface area contributed by atoms with Crippen molar-refractivity contribution in [1.82, 2.24) is 19.4 Å². The normalized spacial score (nSPS) is 17.9. The van der Waals surface area contributed by atoms with E-state index in [-0.39, 0.29) is 9.92 Å². The highest BCUT2D eigenvalue weighted by atomic mass is 35.5. The van der Waals surface area contributed by atoms with Crippen LogP contribution in [0.5, 0.6) is 0 Å². The second-order valence-corrected chi connectivity index (χ2v) is 9.02. The molecule has 0 amide bonds. The van der Waals surface area contributed by atoms with Gasteiger partial charge in [-0.1, -0.05) is 28.9 Å². The summed E-state index contributed by atoms with van der Waals surface area (Å²) >= 11 is 6.18. The number of rotatable bonds is 4. The second kappa shape index (κ2) is 7.27. The molecule has 0 saturated carbocycles. The Labute approximate surface area is 168 Å². The van der Waals surface area contributed by atoms with Gasteiger partial charge >= 0.3 is 0 Å². The van der Waals surface area contributed by atoms with Gasteiger partial charge in [0.2, 0.25) is 10.0 Å². The van der Waals surface area contributed by atoms with Crippen molar-refractivity contribution in [2.45, 2.75) is 37.6 Å². The van der Waals surface area contributed by atoms with Gasteiger partial charge in [-0.15, -0.1) is 0 Å². The zero-order valence-electron chi connectivity index (χ0n) is 15.5. The van der Waals surface area contributed by atoms with Crippen LogP contribution < -0.4 is 0 Å². The van der Waals surface area contributed by atoms with Crippen molar-refractivity contribution < 1.29 is 12.9 Å². The first-order chi connectivity index (χ1) is 13.4. The van der Waals surface area contributed by atoms with Crippen molar-refractivity contribution in [1.29, 1.82) is 0 Å². The van der Waals surface area contributed by atoms with E-state index in [1.54, 1.807) is 37.4 Å². The van der Waals surface area contributed by atoms with Gasteiger partial charge in [0.25, 0.3) is 0 Å². The Hall–Kier alpha value is -2.29. The predicted molar refractivity (Wildman–Crippen MR) is 104 cm³/mol. The van der Waals surface area contributed by atoms with Crippen LogP contribution in [0.2, 0.25) is 5.02 Å². The SMILES string of the molecule is Cc1cc(-c2cnc(C)nc2[C@H]2CCCN2S(=O)(=O)c2ccccc2Cl)on1. The van der Waals surface area contributed by atoms with Crippen LogP contribution in [0.25, 0.3) is 11.3 Å². The van der Waals surface area contributed by atoms with Crippen LogP contribution in [0.4, 0.5) is 0 Å². The molecule has 0 spiro atoms. The summed E-state index contributed by atoms with van der Waals surface area (Å²) in [6.07, 6.45) is 3.04. The molecule has 1 atom stereocenters. The minimum atomic E-state index is -3.78. The third-order valence-electron chi connectivity index (χ3n) is 4.77. The number of nitrogens with zero attached hydrogens (tertiary/aromatic N) is 4. The largest absolute Gasteiger partial charge is 0.356 e. The van der Waals surface area contributed by atoms with Crippen LogP contribution >= 0.6 is 11.6 Å². The summed E-state index contributed by atoms with van der Waals surface area (Å²) < 4.78 is 33.5. The third kappa shape index (κ3) is 3.32. The van der Waals surface area contributed by atoms with Crippen molar-refractivity contribution in [3.8, 4) is 11.3 Å². The van der Waals surface area contributed by atoms with E-state index in [1.807, 2.05) is 6.92 Å². The fraction of sp³-hybridized carbons (Fsp3) is 0.316. The molecule has 3 aromatic rings. The molecule has 146 valence electrons. The maximum Gasteiger partial charge on any atom is 0.245 e. The summed E-state index contributed by atoms with van der Waals surface area (Å²) in [5, 5.41) is 4.14. The Morgan fingerprint density at radius 1 is 1.25 bits per heavy atom. The van der Waals surface area contributed by atoms with Crippen molar-refractivity contribution in [2.24, 2.45) is 0 Å². The van der Waals surface area contributed by atoms with Crippen molar-refractivity contribution >= 4 is 21.6 Å². The lowest BCUT2D eigenvalue weighted by molar-refractivity contribution is 0.387. The van der Waals surface area contributed by atoms with Gasteiger partial charge in [0, 0.05) is 18.8 Å². The van der Waals surface area contributed by atoms with Gasteiger partial charge < -0.3 is 4.52 Å². The van der Waals surface area contributed by atoms with Crippen molar-refractivity contribution in [2.75, 3.05) is 6.54 Å². The average molecular weight is 419 g/mol. The predicted octanol–water partition coefficient (Wildman–Crippen LogP) is 3.93. The third-order valence-corrected chi connectivity index (χ3v) is 7.18. The lowest BCUT2D eigenvalue weighted by Gasteiger charge is -2.25. The van der Waals surface area contributed by atoms with E-state index >= 15 is 0 Å². The van der Waals surface area contributed by atoms with E-state index in [0.717, 1.165) is 12.1 Å². The molecular weight excluding hydrogens is 400 g/mol. The van der Waals surface area contributed by atoms with Crippen LogP contribution in [-0.2, 0) is 10.0 Å². The van der Waals surface area contributed by atoms with Crippen molar-refractivity contribution in [3.05, 3.63) is 58.8 Å². The summed E-state index contributed by atoms with van der Waals surface area (Å²) in [7, 11) is -3.78. The highest BCUT2D eigenvalue weighted by Gasteiger charge is 2.39. The summed E-state index contributed by atoms with van der Waals surface area (Å²) in [5.41, 5.74) is 2.00. The lowest BCUT2D eigenvalue weighted by Crippen LogP contribution is -2.31. The molecule has 1 aromatic carbocycles. The van der Waals surface area contributed by atoms with Crippen LogP contribution in [-0.4, -0.2) is 34.4 Å². The molecule has 1 aliphatic heterocycles. The molecule has 9 heteroatoms. The van der Waals surface area contributed by atoms with Gasteiger partial charge in [-0.3, -0.25) is 0 Å². The first kappa shape index (κ1) is 19.0. The Kier molecular flexibility index (Phi) is 4.95. The molecule has 0 aliphatic carbocycles. The Bertz CT molecular complexity index is 1130. The molecule has 3 heterocycles. The first-order valence-electron chi connectivity index (χ1n) is 8.91. The van der Waals surface area contributed by atoms with E-state index < -0.39 is 16.1 Å². The Morgan fingerprint density at radius 2 is 2.04 bits per heavy atom. The number of hydrogen-bond acceptors (Lipinski definition) is 6. The molecule has 0 bridgehead atoms. The van der Waals surface area contributed by atoms with Crippen LogP contribution in [0.15, 0.2) is 45.9 Å². The molecule has 0 unspecified atom stereocenters. The topological polar surface area (TPSA) is 89.2 Å². The summed E-state index contributed by atoms with van der Waals surface area (Å²) in [4.78, 5) is 8.95. The van der Waals surface area contributed by atoms with E-state index in [1.165, 1.54) is 10.4 Å². The van der Waals surface area contributed by atoms with E-state index in [9.17, 15) is 8.42 Å². The molecular formula is C19H19ClN4O3S. The summed E-state index contributed by atoms with van der Waals surface area (Å²) in [6.45, 7) is 4.00. The molecule has 1 aliphatic rings. The number of aromatic nitrogens is 3. The first-order valence-corrected chi connectivity index (χ1v) is 10.7. The quantitative estimate of drug-likeness (QED) is 0.637. The monoisotopic (exact) mass is 418 g/mol. The fourth-order valence-corrected chi connectivity index (χ4v) is 5.66. The van der Waals surface area contributed by atoms with Gasteiger partial charge in [0.05, 0.1) is 28.0 Å². The molecule has 0 radical (unpaired) electrons. The minimum absolute atomic E-state index is 0.103. The van der Waals surface area contributed by atoms with Gasteiger partial charge in [0.15, 0.2) is 5.76 Å². The number of sulfonamides is 1. The van der Waals surface area contributed by atoms with E-state index in [2.05, 4.69) is 15.1 Å². The smallest absolute Gasteiger partial charge is 0.245 e. The molecule has 7 nitrogen and oxygen atoms in total. The molecule has 1 saturated heterocycles. The Morgan fingerprint density at radius 3 is 2.75 bits per heavy atom. The van der Waals surface area contributed by atoms with E-state index in [4.69, 9.17) is 16.1 Å². The second-order valence-electron chi connectivity index (χ2n) is 6.75. The Balaban J connectivity index is 1.81. The molecule has 4 rings (SSSR count). The maximum absolute atomic E-state index is 13.3. The zero-order valence-corrected chi connectivity index (χ0v) is 17.0. The maximum atomic E-state index is 13.3. The summed E-state index contributed by atoms with van der Waals surface area (Å²) in [6, 6.07) is 7.85. The van der Waals surface area contributed by atoms with Gasteiger partial charge in [-0.05, 0) is 38.8 Å².